The first kappa shape index (κ1) is 14.4. The Labute approximate surface area is 126 Å². The van der Waals surface area contributed by atoms with Gasteiger partial charge in [-0.25, -0.2) is 0 Å². The van der Waals surface area contributed by atoms with Crippen LogP contribution in [0, 0.1) is 0 Å². The van der Waals surface area contributed by atoms with Gasteiger partial charge in [-0.1, -0.05) is 19.3 Å². The molecule has 1 saturated carbocycles. The summed E-state index contributed by atoms with van der Waals surface area (Å²) in [5.41, 5.74) is 5.97. The smallest absolute Gasteiger partial charge is 0.231 e. The van der Waals surface area contributed by atoms with Gasteiger partial charge in [0.05, 0.1) is 0 Å². The molecule has 6 heteroatoms. The van der Waals surface area contributed by atoms with E-state index < -0.39 is 0 Å². The lowest BCUT2D eigenvalue weighted by Crippen LogP contribution is -2.38. The molecule has 2 fully saturated rings. The van der Waals surface area contributed by atoms with E-state index in [-0.39, 0.29) is 5.54 Å². The van der Waals surface area contributed by atoms with Crippen LogP contribution in [0.3, 0.4) is 0 Å². The normalized spacial score (nSPS) is 22.0. The lowest BCUT2D eigenvalue weighted by Gasteiger charge is -2.35. The van der Waals surface area contributed by atoms with Crippen molar-refractivity contribution in [3.8, 4) is 0 Å². The lowest BCUT2D eigenvalue weighted by molar-refractivity contribution is 0.347. The standard InChI is InChI=1S/C15H26N6/c1-15(8-4-2-5-9-15)20-13-17-12(16)18-14(19-13)21-10-6-3-7-11-21/h2-11H2,1H3,(H3,16,17,18,19,20). The van der Waals surface area contributed by atoms with Crippen molar-refractivity contribution in [2.24, 2.45) is 0 Å². The summed E-state index contributed by atoms with van der Waals surface area (Å²) in [7, 11) is 0. The average molecular weight is 290 g/mol. The van der Waals surface area contributed by atoms with Gasteiger partial charge in [0.25, 0.3) is 0 Å². The van der Waals surface area contributed by atoms with Crippen molar-refractivity contribution in [2.45, 2.75) is 63.8 Å². The van der Waals surface area contributed by atoms with Crippen LogP contribution < -0.4 is 16.0 Å². The minimum absolute atomic E-state index is 0.0885. The molecule has 1 saturated heterocycles. The van der Waals surface area contributed by atoms with Gasteiger partial charge in [-0.3, -0.25) is 0 Å². The molecule has 0 bridgehead atoms. The molecule has 2 heterocycles. The largest absolute Gasteiger partial charge is 0.368 e. The minimum atomic E-state index is 0.0885. The number of hydrogen-bond acceptors (Lipinski definition) is 6. The van der Waals surface area contributed by atoms with Crippen molar-refractivity contribution in [2.75, 3.05) is 29.0 Å². The van der Waals surface area contributed by atoms with E-state index in [4.69, 9.17) is 5.73 Å². The van der Waals surface area contributed by atoms with Gasteiger partial charge in [0, 0.05) is 18.6 Å². The maximum absolute atomic E-state index is 5.89. The van der Waals surface area contributed by atoms with E-state index >= 15 is 0 Å². The molecule has 0 spiro atoms. The predicted molar refractivity (Wildman–Crippen MR) is 85.4 cm³/mol. The highest BCUT2D eigenvalue weighted by molar-refractivity contribution is 5.43. The summed E-state index contributed by atoms with van der Waals surface area (Å²) >= 11 is 0. The van der Waals surface area contributed by atoms with E-state index in [1.54, 1.807) is 0 Å². The molecule has 1 aliphatic heterocycles. The molecule has 0 radical (unpaired) electrons. The highest BCUT2D eigenvalue weighted by Gasteiger charge is 2.28. The second kappa shape index (κ2) is 6.03. The van der Waals surface area contributed by atoms with E-state index in [0.717, 1.165) is 31.9 Å². The number of anilines is 3. The second-order valence-electron chi connectivity index (χ2n) is 6.61. The van der Waals surface area contributed by atoms with Crippen molar-refractivity contribution in [1.82, 2.24) is 15.0 Å². The Morgan fingerprint density at radius 1 is 0.952 bits per heavy atom. The summed E-state index contributed by atoms with van der Waals surface area (Å²) in [6.45, 7) is 4.28. The van der Waals surface area contributed by atoms with E-state index in [9.17, 15) is 0 Å². The zero-order valence-corrected chi connectivity index (χ0v) is 12.9. The summed E-state index contributed by atoms with van der Waals surface area (Å²) < 4.78 is 0. The molecule has 1 aromatic heterocycles. The third-order valence-electron chi connectivity index (χ3n) is 4.65. The Kier molecular flexibility index (Phi) is 4.12. The summed E-state index contributed by atoms with van der Waals surface area (Å²) in [6.07, 6.45) is 9.88. The first-order valence-corrected chi connectivity index (χ1v) is 8.19. The molecule has 116 valence electrons. The SMILES string of the molecule is CC1(Nc2nc(N)nc(N3CCCCC3)n2)CCCCC1. The van der Waals surface area contributed by atoms with Gasteiger partial charge in [-0.05, 0) is 39.0 Å². The van der Waals surface area contributed by atoms with E-state index in [0.29, 0.717) is 11.9 Å². The molecule has 0 amide bonds. The van der Waals surface area contributed by atoms with Crippen LogP contribution >= 0.6 is 0 Å². The third kappa shape index (κ3) is 3.54. The number of nitrogens with one attached hydrogen (secondary N) is 1. The van der Waals surface area contributed by atoms with Gasteiger partial charge >= 0.3 is 0 Å². The second-order valence-corrected chi connectivity index (χ2v) is 6.61. The predicted octanol–water partition coefficient (Wildman–Crippen LogP) is 2.58. The molecule has 3 N–H and O–H groups in total. The van der Waals surface area contributed by atoms with Gasteiger partial charge in [0.15, 0.2) is 0 Å². The summed E-state index contributed by atoms with van der Waals surface area (Å²) in [5.74, 6) is 1.67. The lowest BCUT2D eigenvalue weighted by atomic mass is 9.83. The number of hydrogen-bond donors (Lipinski definition) is 2. The van der Waals surface area contributed by atoms with Crippen LogP contribution in [0.4, 0.5) is 17.8 Å². The average Bonchev–Trinajstić information content (AvgIpc) is 2.48. The van der Waals surface area contributed by atoms with Gasteiger partial charge in [-0.2, -0.15) is 15.0 Å². The Balaban J connectivity index is 1.77. The minimum Gasteiger partial charge on any atom is -0.368 e. The fourth-order valence-electron chi connectivity index (χ4n) is 3.40. The summed E-state index contributed by atoms with van der Waals surface area (Å²) in [4.78, 5) is 15.4. The van der Waals surface area contributed by atoms with Crippen LogP contribution in [0.15, 0.2) is 0 Å². The molecule has 2 aliphatic rings. The monoisotopic (exact) mass is 290 g/mol. The highest BCUT2D eigenvalue weighted by atomic mass is 15.3. The summed E-state index contributed by atoms with van der Waals surface area (Å²) in [5, 5.41) is 3.51. The maximum atomic E-state index is 5.89. The number of aromatic nitrogens is 3. The van der Waals surface area contributed by atoms with Crippen molar-refractivity contribution < 1.29 is 0 Å². The highest BCUT2D eigenvalue weighted by Crippen LogP contribution is 2.30. The van der Waals surface area contributed by atoms with Crippen LogP contribution in [0.5, 0.6) is 0 Å². The topological polar surface area (TPSA) is 80.0 Å². The molecule has 6 nitrogen and oxygen atoms in total. The van der Waals surface area contributed by atoms with Crippen molar-refractivity contribution >= 4 is 17.8 Å². The maximum Gasteiger partial charge on any atom is 0.231 e. The molecule has 3 rings (SSSR count). The van der Waals surface area contributed by atoms with Crippen LogP contribution in [-0.2, 0) is 0 Å². The van der Waals surface area contributed by atoms with Crippen molar-refractivity contribution in [3.63, 3.8) is 0 Å². The van der Waals surface area contributed by atoms with Crippen molar-refractivity contribution in [3.05, 3.63) is 0 Å². The zero-order chi connectivity index (χ0) is 14.7. The fraction of sp³-hybridized carbons (Fsp3) is 0.800. The van der Waals surface area contributed by atoms with Crippen molar-refractivity contribution in [1.29, 1.82) is 0 Å². The number of piperidine rings is 1. The van der Waals surface area contributed by atoms with E-state index in [1.807, 2.05) is 0 Å². The first-order valence-electron chi connectivity index (χ1n) is 8.19. The van der Waals surface area contributed by atoms with Gasteiger partial charge in [-0.15, -0.1) is 0 Å². The van der Waals surface area contributed by atoms with Gasteiger partial charge in [0.2, 0.25) is 17.8 Å². The number of nitrogens with two attached hydrogens (primary N) is 1. The van der Waals surface area contributed by atoms with Crippen LogP contribution in [0.2, 0.25) is 0 Å². The number of rotatable bonds is 3. The molecule has 1 aromatic rings. The van der Waals surface area contributed by atoms with Gasteiger partial charge < -0.3 is 16.0 Å². The molecule has 0 aromatic carbocycles. The van der Waals surface area contributed by atoms with Crippen LogP contribution in [0.25, 0.3) is 0 Å². The Hall–Kier alpha value is -1.59. The van der Waals surface area contributed by atoms with E-state index in [1.165, 1.54) is 38.5 Å². The molecule has 0 unspecified atom stereocenters. The fourth-order valence-corrected chi connectivity index (χ4v) is 3.40. The zero-order valence-electron chi connectivity index (χ0n) is 12.9. The molecule has 1 aliphatic carbocycles. The van der Waals surface area contributed by atoms with Crippen LogP contribution in [-0.4, -0.2) is 33.6 Å². The third-order valence-corrected chi connectivity index (χ3v) is 4.65. The first-order chi connectivity index (χ1) is 10.1. The molecular weight excluding hydrogens is 264 g/mol. The number of nitrogen functional groups attached to an aromatic ring is 1. The quantitative estimate of drug-likeness (QED) is 0.890. The Morgan fingerprint density at radius 3 is 2.33 bits per heavy atom. The van der Waals surface area contributed by atoms with E-state index in [2.05, 4.69) is 32.1 Å². The summed E-state index contributed by atoms with van der Waals surface area (Å²) in [6, 6.07) is 0. The molecule has 0 atom stereocenters. The van der Waals surface area contributed by atoms with Crippen LogP contribution in [0.1, 0.15) is 58.3 Å². The van der Waals surface area contributed by atoms with Gasteiger partial charge in [0.1, 0.15) is 0 Å². The number of nitrogens with zero attached hydrogens (tertiary/aromatic N) is 4. The molecular formula is C15H26N6. The Morgan fingerprint density at radius 2 is 1.62 bits per heavy atom. The molecule has 21 heavy (non-hydrogen) atoms. The Bertz CT molecular complexity index is 477.